The third kappa shape index (κ3) is 4.85. The molecule has 0 aromatic rings. The Balaban J connectivity index is 2.45. The van der Waals surface area contributed by atoms with Crippen molar-refractivity contribution in [2.45, 2.75) is 50.7 Å². The summed E-state index contributed by atoms with van der Waals surface area (Å²) in [7, 11) is 1.26. The van der Waals surface area contributed by atoms with E-state index in [0.717, 1.165) is 19.3 Å². The summed E-state index contributed by atoms with van der Waals surface area (Å²) in [4.78, 5) is 19.2. The molecule has 0 spiro atoms. The highest BCUT2D eigenvalue weighted by molar-refractivity contribution is 8.17. The van der Waals surface area contributed by atoms with E-state index in [-0.39, 0.29) is 0 Å². The smallest absolute Gasteiger partial charge is 0.289 e. The SMILES string of the molecule is CCCOP(O)(O)=[S+]C1CCCCC1. The van der Waals surface area contributed by atoms with Crippen molar-refractivity contribution in [3.63, 3.8) is 0 Å². The van der Waals surface area contributed by atoms with Crippen LogP contribution in [0.3, 0.4) is 0 Å². The zero-order valence-corrected chi connectivity index (χ0v) is 10.4. The zero-order chi connectivity index (χ0) is 10.4. The van der Waals surface area contributed by atoms with Crippen LogP contribution in [0.4, 0.5) is 0 Å². The maximum absolute atomic E-state index is 9.61. The predicted molar refractivity (Wildman–Crippen MR) is 61.8 cm³/mol. The van der Waals surface area contributed by atoms with E-state index in [1.807, 2.05) is 6.92 Å². The number of hydrogen-bond acceptors (Lipinski definition) is 1. The fourth-order valence-corrected chi connectivity index (χ4v) is 5.22. The highest BCUT2D eigenvalue weighted by atomic mass is 32.5. The van der Waals surface area contributed by atoms with E-state index in [2.05, 4.69) is 0 Å². The second-order valence-electron chi connectivity index (χ2n) is 3.69. The molecule has 5 heteroatoms. The quantitative estimate of drug-likeness (QED) is 0.585. The molecule has 0 unspecified atom stereocenters. The molecule has 0 atom stereocenters. The van der Waals surface area contributed by atoms with Gasteiger partial charge in [0.05, 0.1) is 6.61 Å². The van der Waals surface area contributed by atoms with Crippen LogP contribution >= 0.6 is 6.72 Å². The lowest BCUT2D eigenvalue weighted by Crippen LogP contribution is -2.11. The second-order valence-corrected chi connectivity index (χ2v) is 7.87. The van der Waals surface area contributed by atoms with Gasteiger partial charge in [0.25, 0.3) is 0 Å². The molecule has 1 aliphatic carbocycles. The van der Waals surface area contributed by atoms with Gasteiger partial charge in [-0.25, -0.2) is 0 Å². The molecule has 0 aliphatic heterocycles. The topological polar surface area (TPSA) is 49.7 Å². The summed E-state index contributed by atoms with van der Waals surface area (Å²) in [5.74, 6) is 0. The molecule has 1 fully saturated rings. The standard InChI is InChI=1S/C9H20O3PS/c1-2-8-12-13(10,11)14-9-6-4-3-5-7-9/h9-11H,2-8H2,1H3/q+1. The Bertz CT molecular complexity index is 208. The first-order valence-electron chi connectivity index (χ1n) is 5.31. The molecule has 0 radical (unpaired) electrons. The minimum absolute atomic E-state index is 0.393. The summed E-state index contributed by atoms with van der Waals surface area (Å²) in [5, 5.41) is 0.393. The second kappa shape index (κ2) is 6.19. The Hall–Kier alpha value is 0.530. The van der Waals surface area contributed by atoms with E-state index in [0.29, 0.717) is 11.9 Å². The molecule has 0 amide bonds. The first-order valence-corrected chi connectivity index (χ1v) is 8.41. The van der Waals surface area contributed by atoms with Crippen molar-refractivity contribution in [3.8, 4) is 0 Å². The van der Waals surface area contributed by atoms with Gasteiger partial charge in [-0.2, -0.15) is 0 Å². The molecule has 0 bridgehead atoms. The first-order chi connectivity index (χ1) is 6.64. The molecule has 0 aromatic heterocycles. The van der Waals surface area contributed by atoms with E-state index in [4.69, 9.17) is 4.52 Å². The third-order valence-corrected chi connectivity index (χ3v) is 5.90. The highest BCUT2D eigenvalue weighted by Crippen LogP contribution is 2.41. The van der Waals surface area contributed by atoms with Crippen LogP contribution < -0.4 is 0 Å². The van der Waals surface area contributed by atoms with Crippen LogP contribution in [0.5, 0.6) is 0 Å². The van der Waals surface area contributed by atoms with Crippen molar-refractivity contribution in [2.24, 2.45) is 0 Å². The van der Waals surface area contributed by atoms with Crippen LogP contribution in [-0.2, 0) is 15.5 Å². The summed E-state index contributed by atoms with van der Waals surface area (Å²) in [5.41, 5.74) is 0. The molecule has 0 saturated heterocycles. The van der Waals surface area contributed by atoms with Gasteiger partial charge < -0.3 is 0 Å². The highest BCUT2D eigenvalue weighted by Gasteiger charge is 2.32. The van der Waals surface area contributed by atoms with Crippen LogP contribution in [0.25, 0.3) is 0 Å². The molecule has 2 N–H and O–H groups in total. The average Bonchev–Trinajstić information content (AvgIpc) is 2.16. The summed E-state index contributed by atoms with van der Waals surface area (Å²) in [6, 6.07) is 0. The lowest BCUT2D eigenvalue weighted by Gasteiger charge is -2.11. The Morgan fingerprint density at radius 3 is 2.50 bits per heavy atom. The van der Waals surface area contributed by atoms with Gasteiger partial charge >= 0.3 is 6.72 Å². The summed E-state index contributed by atoms with van der Waals surface area (Å²) in [6.45, 7) is -0.702. The van der Waals surface area contributed by atoms with Crippen molar-refractivity contribution < 1.29 is 14.3 Å². The fraction of sp³-hybridized carbons (Fsp3) is 1.00. The maximum atomic E-state index is 9.61. The van der Waals surface area contributed by atoms with Gasteiger partial charge in [0.15, 0.2) is 5.25 Å². The van der Waals surface area contributed by atoms with Gasteiger partial charge in [-0.05, 0) is 19.3 Å². The molecule has 1 rings (SSSR count). The lowest BCUT2D eigenvalue weighted by molar-refractivity contribution is 0.251. The van der Waals surface area contributed by atoms with Gasteiger partial charge in [-0.1, -0.05) is 13.3 Å². The average molecular weight is 239 g/mol. The predicted octanol–water partition coefficient (Wildman–Crippen LogP) is 2.49. The van der Waals surface area contributed by atoms with Crippen molar-refractivity contribution >= 4 is 17.7 Å². The Morgan fingerprint density at radius 2 is 1.93 bits per heavy atom. The zero-order valence-electron chi connectivity index (χ0n) is 8.69. The van der Waals surface area contributed by atoms with E-state index in [1.165, 1.54) is 30.2 Å². The van der Waals surface area contributed by atoms with Gasteiger partial charge in [0.2, 0.25) is 10.9 Å². The van der Waals surface area contributed by atoms with Crippen LogP contribution in [0.2, 0.25) is 0 Å². The number of hydrogen-bond donors (Lipinski definition) is 2. The van der Waals surface area contributed by atoms with E-state index < -0.39 is 6.72 Å². The summed E-state index contributed by atoms with van der Waals surface area (Å²) < 4.78 is 5.07. The molecule has 1 aliphatic rings. The monoisotopic (exact) mass is 239 g/mol. The van der Waals surface area contributed by atoms with Crippen molar-refractivity contribution in [1.82, 2.24) is 0 Å². The third-order valence-electron chi connectivity index (χ3n) is 2.30. The first kappa shape index (κ1) is 12.6. The summed E-state index contributed by atoms with van der Waals surface area (Å²) >= 11 is 0. The molecule has 84 valence electrons. The van der Waals surface area contributed by atoms with Crippen molar-refractivity contribution in [3.05, 3.63) is 0 Å². The normalized spacial score (nSPS) is 19.6. The van der Waals surface area contributed by atoms with Crippen LogP contribution in [0.15, 0.2) is 0 Å². The van der Waals surface area contributed by atoms with E-state index in [9.17, 15) is 9.79 Å². The van der Waals surface area contributed by atoms with Gasteiger partial charge in [0.1, 0.15) is 0 Å². The van der Waals surface area contributed by atoms with Gasteiger partial charge in [-0.3, -0.25) is 14.3 Å². The van der Waals surface area contributed by atoms with Crippen molar-refractivity contribution in [1.29, 1.82) is 0 Å². The Labute approximate surface area is 89.7 Å². The van der Waals surface area contributed by atoms with E-state index >= 15 is 0 Å². The molecular weight excluding hydrogens is 219 g/mol. The molecule has 14 heavy (non-hydrogen) atoms. The molecule has 1 saturated carbocycles. The van der Waals surface area contributed by atoms with Gasteiger partial charge in [-0.15, -0.1) is 0 Å². The summed E-state index contributed by atoms with van der Waals surface area (Å²) in [6.07, 6.45) is 6.74. The maximum Gasteiger partial charge on any atom is 0.517 e. The fourth-order valence-electron chi connectivity index (χ4n) is 1.61. The molecular formula is C9H20O3PS+. The minimum Gasteiger partial charge on any atom is -0.289 e. The minimum atomic E-state index is -3.11. The lowest BCUT2D eigenvalue weighted by atomic mass is 10.0. The largest absolute Gasteiger partial charge is 0.517 e. The van der Waals surface area contributed by atoms with Crippen LogP contribution in [0.1, 0.15) is 45.4 Å². The molecule has 0 aromatic carbocycles. The molecule has 3 nitrogen and oxygen atoms in total. The van der Waals surface area contributed by atoms with Crippen LogP contribution in [0, 0.1) is 0 Å². The molecule has 0 heterocycles. The Morgan fingerprint density at radius 1 is 1.29 bits per heavy atom. The van der Waals surface area contributed by atoms with Crippen LogP contribution in [-0.4, -0.2) is 21.6 Å². The Kier molecular flexibility index (Phi) is 5.57. The number of rotatable bonds is 4. The van der Waals surface area contributed by atoms with Gasteiger partial charge in [0, 0.05) is 12.8 Å². The van der Waals surface area contributed by atoms with Crippen molar-refractivity contribution in [2.75, 3.05) is 6.61 Å². The van der Waals surface area contributed by atoms with E-state index in [1.54, 1.807) is 0 Å².